The van der Waals surface area contributed by atoms with Crippen LogP contribution in [0.4, 0.5) is 0 Å². The Morgan fingerprint density at radius 2 is 2.11 bits per heavy atom. The molecule has 0 saturated carbocycles. The Morgan fingerprint density at radius 3 is 2.89 bits per heavy atom. The Morgan fingerprint density at radius 1 is 1.30 bits per heavy atom. The number of carbonyl (C=O) groups is 2. The first-order valence-corrected chi connectivity index (χ1v) is 9.60. The summed E-state index contributed by atoms with van der Waals surface area (Å²) in [5.74, 6) is 0.855. The van der Waals surface area contributed by atoms with Crippen LogP contribution < -0.4 is 10.1 Å². The predicted octanol–water partition coefficient (Wildman–Crippen LogP) is 2.08. The number of benzene rings is 1. The van der Waals surface area contributed by atoms with Gasteiger partial charge >= 0.3 is 0 Å². The zero-order chi connectivity index (χ0) is 19.1. The van der Waals surface area contributed by atoms with Gasteiger partial charge in [-0.15, -0.1) is 0 Å². The summed E-state index contributed by atoms with van der Waals surface area (Å²) in [6.45, 7) is 1.48. The highest BCUT2D eigenvalue weighted by molar-refractivity contribution is 5.80. The van der Waals surface area contributed by atoms with Crippen LogP contribution in [-0.4, -0.2) is 55.7 Å². The van der Waals surface area contributed by atoms with Crippen LogP contribution in [-0.2, 0) is 20.7 Å². The zero-order valence-electron chi connectivity index (χ0n) is 15.9. The molecule has 1 aliphatic carbocycles. The molecule has 0 spiro atoms. The van der Waals surface area contributed by atoms with Crippen LogP contribution in [0, 0.1) is 0 Å². The largest absolute Gasteiger partial charge is 0.497 e. The van der Waals surface area contributed by atoms with Crippen molar-refractivity contribution in [3.63, 3.8) is 0 Å². The number of carbonyl (C=O) groups excluding carboxylic acids is 2. The van der Waals surface area contributed by atoms with Crippen LogP contribution in [0.25, 0.3) is 0 Å². The Labute approximate surface area is 160 Å². The quantitative estimate of drug-likeness (QED) is 0.744. The topological polar surface area (TPSA) is 67.9 Å². The number of aryl methyl sites for hydroxylation is 1. The first-order valence-electron chi connectivity index (χ1n) is 9.60. The van der Waals surface area contributed by atoms with E-state index in [0.717, 1.165) is 24.2 Å². The molecule has 0 aromatic heterocycles. The van der Waals surface area contributed by atoms with Crippen LogP contribution in [0.5, 0.6) is 5.75 Å². The van der Waals surface area contributed by atoms with Gasteiger partial charge in [0.15, 0.2) is 0 Å². The average molecular weight is 372 g/mol. The maximum atomic E-state index is 12.8. The number of ether oxygens (including phenoxy) is 2. The standard InChI is InChI=1S/C21H28N2O4/c1-26-19-8-4-5-16(13-19)9-10-21(25)23-11-12-27-15-18(23)14-20(24)22-17-6-2-3-7-17/h2-5,8,13,17-18H,6-7,9-12,14-15H2,1H3,(H,22,24)/t18-/m0/s1. The smallest absolute Gasteiger partial charge is 0.223 e. The lowest BCUT2D eigenvalue weighted by Gasteiger charge is -2.35. The summed E-state index contributed by atoms with van der Waals surface area (Å²) in [5.41, 5.74) is 1.07. The van der Waals surface area contributed by atoms with Gasteiger partial charge in [-0.05, 0) is 37.0 Å². The van der Waals surface area contributed by atoms with E-state index in [4.69, 9.17) is 9.47 Å². The second-order valence-electron chi connectivity index (χ2n) is 7.08. The Kier molecular flexibility index (Phi) is 6.87. The van der Waals surface area contributed by atoms with Gasteiger partial charge in [0.05, 0.1) is 26.4 Å². The predicted molar refractivity (Wildman–Crippen MR) is 103 cm³/mol. The first kappa shape index (κ1) is 19.4. The van der Waals surface area contributed by atoms with E-state index in [1.54, 1.807) is 7.11 Å². The van der Waals surface area contributed by atoms with Crippen LogP contribution in [0.2, 0.25) is 0 Å². The molecule has 1 heterocycles. The highest BCUT2D eigenvalue weighted by Gasteiger charge is 2.29. The molecule has 1 atom stereocenters. The Balaban J connectivity index is 1.52. The third-order valence-corrected chi connectivity index (χ3v) is 5.10. The van der Waals surface area contributed by atoms with Crippen molar-refractivity contribution in [2.75, 3.05) is 26.9 Å². The van der Waals surface area contributed by atoms with Crippen LogP contribution in [0.3, 0.4) is 0 Å². The van der Waals surface area contributed by atoms with Crippen molar-refractivity contribution in [1.29, 1.82) is 0 Å². The lowest BCUT2D eigenvalue weighted by molar-refractivity contribution is -0.141. The number of rotatable bonds is 7. The molecule has 0 bridgehead atoms. The molecule has 1 aromatic carbocycles. The SMILES string of the molecule is COc1cccc(CCC(=O)N2CCOC[C@@H]2CC(=O)NC2CC=CC2)c1. The summed E-state index contributed by atoms with van der Waals surface area (Å²) in [6, 6.07) is 7.77. The van der Waals surface area contributed by atoms with Crippen molar-refractivity contribution in [3.8, 4) is 5.75 Å². The molecule has 6 nitrogen and oxygen atoms in total. The van der Waals surface area contributed by atoms with Gasteiger partial charge in [-0.2, -0.15) is 0 Å². The molecule has 3 rings (SSSR count). The Bertz CT molecular complexity index is 681. The van der Waals surface area contributed by atoms with Crippen LogP contribution in [0.1, 0.15) is 31.2 Å². The van der Waals surface area contributed by atoms with Crippen molar-refractivity contribution < 1.29 is 19.1 Å². The molecule has 2 aliphatic rings. The molecule has 1 saturated heterocycles. The number of hydrogen-bond donors (Lipinski definition) is 1. The van der Waals surface area contributed by atoms with E-state index in [-0.39, 0.29) is 23.9 Å². The summed E-state index contributed by atoms with van der Waals surface area (Å²) in [6.07, 6.45) is 7.30. The normalized spacial score (nSPS) is 19.9. The fourth-order valence-corrected chi connectivity index (χ4v) is 3.61. The van der Waals surface area contributed by atoms with Gasteiger partial charge in [0, 0.05) is 25.4 Å². The monoisotopic (exact) mass is 372 g/mol. The minimum atomic E-state index is -0.189. The number of methoxy groups -OCH3 is 1. The van der Waals surface area contributed by atoms with E-state index in [2.05, 4.69) is 17.5 Å². The van der Waals surface area contributed by atoms with Gasteiger partial charge in [-0.25, -0.2) is 0 Å². The third-order valence-electron chi connectivity index (χ3n) is 5.10. The Hall–Kier alpha value is -2.34. The number of morpholine rings is 1. The highest BCUT2D eigenvalue weighted by Crippen LogP contribution is 2.17. The van der Waals surface area contributed by atoms with E-state index >= 15 is 0 Å². The second-order valence-corrected chi connectivity index (χ2v) is 7.08. The van der Waals surface area contributed by atoms with Crippen molar-refractivity contribution >= 4 is 11.8 Å². The molecular weight excluding hydrogens is 344 g/mol. The van der Waals surface area contributed by atoms with E-state index < -0.39 is 0 Å². The lowest BCUT2D eigenvalue weighted by Crippen LogP contribution is -2.51. The summed E-state index contributed by atoms with van der Waals surface area (Å²) in [4.78, 5) is 26.9. The van der Waals surface area contributed by atoms with Gasteiger partial charge in [-0.1, -0.05) is 24.3 Å². The molecule has 6 heteroatoms. The fourth-order valence-electron chi connectivity index (χ4n) is 3.61. The first-order chi connectivity index (χ1) is 13.2. The molecule has 0 unspecified atom stereocenters. The molecule has 1 fully saturated rings. The minimum absolute atomic E-state index is 0.00945. The lowest BCUT2D eigenvalue weighted by atomic mass is 10.1. The van der Waals surface area contributed by atoms with E-state index in [1.807, 2.05) is 29.2 Å². The fraction of sp³-hybridized carbons (Fsp3) is 0.524. The van der Waals surface area contributed by atoms with Crippen molar-refractivity contribution in [2.24, 2.45) is 0 Å². The van der Waals surface area contributed by atoms with Gasteiger partial charge in [0.25, 0.3) is 0 Å². The van der Waals surface area contributed by atoms with Crippen molar-refractivity contribution in [2.45, 2.75) is 44.2 Å². The summed E-state index contributed by atoms with van der Waals surface area (Å²) >= 11 is 0. The van der Waals surface area contributed by atoms with E-state index in [9.17, 15) is 9.59 Å². The van der Waals surface area contributed by atoms with Crippen molar-refractivity contribution in [3.05, 3.63) is 42.0 Å². The molecule has 2 amide bonds. The van der Waals surface area contributed by atoms with Gasteiger partial charge in [0.2, 0.25) is 11.8 Å². The molecule has 0 radical (unpaired) electrons. The molecular formula is C21H28N2O4. The van der Waals surface area contributed by atoms with Crippen LogP contribution in [0.15, 0.2) is 36.4 Å². The molecule has 1 N–H and O–H groups in total. The maximum absolute atomic E-state index is 12.8. The van der Waals surface area contributed by atoms with Crippen molar-refractivity contribution in [1.82, 2.24) is 10.2 Å². The van der Waals surface area contributed by atoms with Gasteiger partial charge < -0.3 is 19.7 Å². The molecule has 146 valence electrons. The summed E-state index contributed by atoms with van der Waals surface area (Å²) < 4.78 is 10.8. The molecule has 1 aliphatic heterocycles. The third kappa shape index (κ3) is 5.57. The summed E-state index contributed by atoms with van der Waals surface area (Å²) in [7, 11) is 1.63. The average Bonchev–Trinajstić information content (AvgIpc) is 3.19. The maximum Gasteiger partial charge on any atom is 0.223 e. The van der Waals surface area contributed by atoms with E-state index in [1.165, 1.54) is 0 Å². The van der Waals surface area contributed by atoms with Gasteiger partial charge in [-0.3, -0.25) is 9.59 Å². The number of nitrogens with zero attached hydrogens (tertiary/aromatic N) is 1. The van der Waals surface area contributed by atoms with E-state index in [0.29, 0.717) is 39.0 Å². The summed E-state index contributed by atoms with van der Waals surface area (Å²) in [5, 5.41) is 3.05. The zero-order valence-corrected chi connectivity index (χ0v) is 15.9. The second kappa shape index (κ2) is 9.55. The van der Waals surface area contributed by atoms with Crippen LogP contribution >= 0.6 is 0 Å². The van der Waals surface area contributed by atoms with Gasteiger partial charge in [0.1, 0.15) is 5.75 Å². The molecule has 27 heavy (non-hydrogen) atoms. The number of amides is 2. The number of hydrogen-bond acceptors (Lipinski definition) is 4. The minimum Gasteiger partial charge on any atom is -0.497 e. The molecule has 1 aromatic rings. The number of nitrogens with one attached hydrogen (secondary N) is 1. The highest BCUT2D eigenvalue weighted by atomic mass is 16.5.